The Morgan fingerprint density at radius 1 is 1.14 bits per heavy atom. The molecule has 0 radical (unpaired) electrons. The van der Waals surface area contributed by atoms with Crippen LogP contribution in [0.1, 0.15) is 36.4 Å². The molecule has 1 atom stereocenters. The van der Waals surface area contributed by atoms with Gasteiger partial charge in [-0.2, -0.15) is 26.3 Å². The molecular weight excluding hydrogens is 312 g/mol. The number of carbonyl (C=O) groups excluding carboxylic acids is 1. The second-order valence-electron chi connectivity index (χ2n) is 5.12. The molecule has 1 amide bonds. The Morgan fingerprint density at radius 3 is 2.36 bits per heavy atom. The molecule has 0 spiro atoms. The van der Waals surface area contributed by atoms with Gasteiger partial charge in [0.1, 0.15) is 6.42 Å². The lowest BCUT2D eigenvalue weighted by molar-refractivity contribution is -0.162. The minimum absolute atomic E-state index is 0.0335. The Balaban J connectivity index is 2.30. The van der Waals surface area contributed by atoms with Gasteiger partial charge in [0.2, 0.25) is 5.91 Å². The van der Waals surface area contributed by atoms with Crippen molar-refractivity contribution < 1.29 is 31.1 Å². The molecule has 1 aromatic rings. The van der Waals surface area contributed by atoms with Crippen molar-refractivity contribution in [2.45, 2.75) is 37.7 Å². The third-order valence-electron chi connectivity index (χ3n) is 3.55. The van der Waals surface area contributed by atoms with Crippen LogP contribution < -0.4 is 0 Å². The summed E-state index contributed by atoms with van der Waals surface area (Å²) in [7, 11) is 0. The highest BCUT2D eigenvalue weighted by molar-refractivity contribution is 5.77. The summed E-state index contributed by atoms with van der Waals surface area (Å²) in [5, 5.41) is 0. The van der Waals surface area contributed by atoms with E-state index in [1.54, 1.807) is 0 Å². The smallest absolute Gasteiger partial charge is 0.335 e. The van der Waals surface area contributed by atoms with Gasteiger partial charge in [-0.15, -0.1) is 0 Å². The zero-order valence-electron chi connectivity index (χ0n) is 11.3. The van der Waals surface area contributed by atoms with Crippen LogP contribution in [-0.2, 0) is 11.0 Å². The second kappa shape index (κ2) is 5.81. The number of likely N-dealkylation sites (tertiary alicyclic amines) is 1. The SMILES string of the molecule is O=C(CC(F)(F)F)N1CCC[C@H]1c1ccccc1C(F)(F)F. The number of hydrogen-bond donors (Lipinski definition) is 0. The van der Waals surface area contributed by atoms with Crippen LogP contribution in [0.15, 0.2) is 24.3 Å². The molecule has 22 heavy (non-hydrogen) atoms. The van der Waals surface area contributed by atoms with Crippen molar-refractivity contribution in [3.05, 3.63) is 35.4 Å². The zero-order chi connectivity index (χ0) is 16.5. The Kier molecular flexibility index (Phi) is 4.39. The van der Waals surface area contributed by atoms with E-state index in [9.17, 15) is 31.1 Å². The van der Waals surface area contributed by atoms with Gasteiger partial charge < -0.3 is 4.90 Å². The Bertz CT molecular complexity index is 551. The van der Waals surface area contributed by atoms with Crippen LogP contribution in [0.2, 0.25) is 0 Å². The van der Waals surface area contributed by atoms with E-state index in [0.717, 1.165) is 11.0 Å². The number of carbonyl (C=O) groups is 1. The van der Waals surface area contributed by atoms with E-state index in [1.165, 1.54) is 18.2 Å². The van der Waals surface area contributed by atoms with Crippen molar-refractivity contribution in [1.29, 1.82) is 0 Å². The summed E-state index contributed by atoms with van der Waals surface area (Å²) in [4.78, 5) is 12.6. The van der Waals surface area contributed by atoms with E-state index >= 15 is 0 Å². The summed E-state index contributed by atoms with van der Waals surface area (Å²) in [5.74, 6) is -1.19. The third-order valence-corrected chi connectivity index (χ3v) is 3.55. The fraction of sp³-hybridized carbons (Fsp3) is 0.500. The number of halogens is 6. The Hall–Kier alpha value is -1.73. The molecule has 1 heterocycles. The fourth-order valence-corrected chi connectivity index (χ4v) is 2.71. The highest BCUT2D eigenvalue weighted by Gasteiger charge is 2.41. The minimum Gasteiger partial charge on any atom is -0.335 e. The van der Waals surface area contributed by atoms with Gasteiger partial charge in [0.05, 0.1) is 11.6 Å². The van der Waals surface area contributed by atoms with Gasteiger partial charge in [0.15, 0.2) is 0 Å². The molecule has 8 heteroatoms. The largest absolute Gasteiger partial charge is 0.416 e. The monoisotopic (exact) mass is 325 g/mol. The maximum Gasteiger partial charge on any atom is 0.416 e. The van der Waals surface area contributed by atoms with E-state index in [4.69, 9.17) is 0 Å². The van der Waals surface area contributed by atoms with Crippen molar-refractivity contribution >= 4 is 5.91 Å². The lowest BCUT2D eigenvalue weighted by atomic mass is 9.98. The number of nitrogens with zero attached hydrogens (tertiary/aromatic N) is 1. The van der Waals surface area contributed by atoms with Crippen molar-refractivity contribution in [1.82, 2.24) is 4.90 Å². The number of rotatable bonds is 2. The van der Waals surface area contributed by atoms with Crippen molar-refractivity contribution in [3.63, 3.8) is 0 Å². The van der Waals surface area contributed by atoms with E-state index in [2.05, 4.69) is 0 Å². The first-order chi connectivity index (χ1) is 10.1. The lowest BCUT2D eigenvalue weighted by Gasteiger charge is -2.27. The van der Waals surface area contributed by atoms with Crippen LogP contribution in [0.4, 0.5) is 26.3 Å². The fourth-order valence-electron chi connectivity index (χ4n) is 2.71. The molecule has 0 aliphatic carbocycles. The summed E-state index contributed by atoms with van der Waals surface area (Å²) in [6, 6.07) is 3.72. The van der Waals surface area contributed by atoms with Crippen LogP contribution in [0.5, 0.6) is 0 Å². The minimum atomic E-state index is -4.67. The van der Waals surface area contributed by atoms with Gasteiger partial charge in [-0.25, -0.2) is 0 Å². The summed E-state index contributed by atoms with van der Waals surface area (Å²) in [5.41, 5.74) is -1.06. The van der Waals surface area contributed by atoms with Gasteiger partial charge in [0, 0.05) is 6.54 Å². The second-order valence-corrected chi connectivity index (χ2v) is 5.12. The van der Waals surface area contributed by atoms with Crippen LogP contribution in [0, 0.1) is 0 Å². The molecular formula is C14H13F6NO. The van der Waals surface area contributed by atoms with Crippen LogP contribution in [-0.4, -0.2) is 23.5 Å². The number of alkyl halides is 6. The molecule has 122 valence electrons. The first-order valence-corrected chi connectivity index (χ1v) is 6.62. The summed E-state index contributed by atoms with van der Waals surface area (Å²) in [6.45, 7) is 0.0335. The molecule has 1 aromatic carbocycles. The Labute approximate surface area is 122 Å². The molecule has 2 rings (SSSR count). The summed E-state index contributed by atoms with van der Waals surface area (Å²) >= 11 is 0. The highest BCUT2D eigenvalue weighted by atomic mass is 19.4. The van der Waals surface area contributed by atoms with E-state index in [-0.39, 0.29) is 18.5 Å². The molecule has 0 unspecified atom stereocenters. The molecule has 1 aliphatic heterocycles. The van der Waals surface area contributed by atoms with Crippen LogP contribution >= 0.6 is 0 Å². The van der Waals surface area contributed by atoms with Crippen molar-refractivity contribution in [3.8, 4) is 0 Å². The average Bonchev–Trinajstić information content (AvgIpc) is 2.84. The first-order valence-electron chi connectivity index (χ1n) is 6.62. The van der Waals surface area contributed by atoms with E-state index < -0.39 is 36.3 Å². The molecule has 0 bridgehead atoms. The van der Waals surface area contributed by atoms with Gasteiger partial charge in [0.25, 0.3) is 0 Å². The number of amides is 1. The Morgan fingerprint density at radius 2 is 1.77 bits per heavy atom. The summed E-state index contributed by atoms with van der Waals surface area (Å²) in [6.07, 6.45) is -10.3. The molecule has 1 saturated heterocycles. The standard InChI is InChI=1S/C14H13F6NO/c15-13(16,17)8-12(22)21-7-3-6-11(21)9-4-1-2-5-10(9)14(18,19)20/h1-2,4-5,11H,3,6-8H2/t11-/m0/s1. The molecule has 1 aliphatic rings. The molecule has 0 N–H and O–H groups in total. The molecule has 0 aromatic heterocycles. The predicted octanol–water partition coefficient (Wildman–Crippen LogP) is 4.32. The predicted molar refractivity (Wildman–Crippen MR) is 65.8 cm³/mol. The third kappa shape index (κ3) is 3.72. The maximum absolute atomic E-state index is 13.0. The first kappa shape index (κ1) is 16.6. The zero-order valence-corrected chi connectivity index (χ0v) is 11.3. The van der Waals surface area contributed by atoms with E-state index in [0.29, 0.717) is 6.42 Å². The van der Waals surface area contributed by atoms with Crippen LogP contribution in [0.25, 0.3) is 0 Å². The quantitative estimate of drug-likeness (QED) is 0.742. The highest BCUT2D eigenvalue weighted by Crippen LogP contribution is 2.41. The van der Waals surface area contributed by atoms with Crippen molar-refractivity contribution in [2.24, 2.45) is 0 Å². The van der Waals surface area contributed by atoms with Gasteiger partial charge >= 0.3 is 12.4 Å². The van der Waals surface area contributed by atoms with Gasteiger partial charge in [-0.1, -0.05) is 18.2 Å². The van der Waals surface area contributed by atoms with Crippen LogP contribution in [0.3, 0.4) is 0 Å². The number of hydrogen-bond acceptors (Lipinski definition) is 1. The molecule has 1 fully saturated rings. The average molecular weight is 325 g/mol. The molecule has 0 saturated carbocycles. The lowest BCUT2D eigenvalue weighted by Crippen LogP contribution is -2.34. The molecule has 2 nitrogen and oxygen atoms in total. The maximum atomic E-state index is 13.0. The topological polar surface area (TPSA) is 20.3 Å². The van der Waals surface area contributed by atoms with Crippen molar-refractivity contribution in [2.75, 3.05) is 6.54 Å². The number of benzene rings is 1. The van der Waals surface area contributed by atoms with E-state index in [1.807, 2.05) is 0 Å². The summed E-state index contributed by atoms with van der Waals surface area (Å²) < 4.78 is 76.0. The van der Waals surface area contributed by atoms with Gasteiger partial charge in [-0.05, 0) is 24.5 Å². The normalized spacial score (nSPS) is 19.5. The van der Waals surface area contributed by atoms with Gasteiger partial charge in [-0.3, -0.25) is 4.79 Å².